The number of nitrogens with one attached hydrogen (secondary N) is 3. The van der Waals surface area contributed by atoms with Crippen LogP contribution in [0.15, 0.2) is 30.3 Å². The number of carbonyl (C=O) groups is 1. The number of hydrogen-bond donors (Lipinski definition) is 3. The summed E-state index contributed by atoms with van der Waals surface area (Å²) in [5.41, 5.74) is 1.58. The molecule has 8 nitrogen and oxygen atoms in total. The van der Waals surface area contributed by atoms with Gasteiger partial charge in [0.25, 0.3) is 0 Å². The number of H-pyrrole nitrogens is 1. The zero-order chi connectivity index (χ0) is 21.7. The molecule has 1 atom stereocenters. The molecule has 3 aromatic rings. The fraction of sp³-hybridized carbons (Fsp3) is 0.316. The number of urea groups is 1. The van der Waals surface area contributed by atoms with E-state index in [2.05, 4.69) is 25.6 Å². The molecule has 2 heterocycles. The van der Waals surface area contributed by atoms with E-state index >= 15 is 0 Å². The number of halogens is 3. The lowest BCUT2D eigenvalue weighted by Crippen LogP contribution is -2.50. The molecule has 30 heavy (non-hydrogen) atoms. The van der Waals surface area contributed by atoms with Crippen LogP contribution in [0.2, 0.25) is 10.0 Å². The summed E-state index contributed by atoms with van der Waals surface area (Å²) in [5.74, 6) is -0.189. The van der Waals surface area contributed by atoms with Gasteiger partial charge in [-0.25, -0.2) is 9.78 Å². The topological polar surface area (TPSA) is 101 Å². The molecule has 3 N–H and O–H groups in total. The quantitative estimate of drug-likeness (QED) is 0.356. The number of rotatable bonds is 8. The maximum Gasteiger partial charge on any atom is 0.315 e. The van der Waals surface area contributed by atoms with Gasteiger partial charge in [-0.3, -0.25) is 0 Å². The minimum absolute atomic E-state index is 0.0862. The third-order valence-corrected chi connectivity index (χ3v) is 4.93. The van der Waals surface area contributed by atoms with Gasteiger partial charge in [0.1, 0.15) is 5.82 Å². The Kier molecular flexibility index (Phi) is 7.43. The summed E-state index contributed by atoms with van der Waals surface area (Å²) < 4.78 is 23.8. The largest absolute Gasteiger partial charge is 0.354 e. The van der Waals surface area contributed by atoms with Crippen molar-refractivity contribution in [2.75, 3.05) is 14.2 Å². The molecule has 0 aliphatic carbocycles. The lowest BCUT2D eigenvalue weighted by molar-refractivity contribution is -0.120. The molecule has 1 unspecified atom stereocenters. The fourth-order valence-electron chi connectivity index (χ4n) is 2.95. The van der Waals surface area contributed by atoms with Gasteiger partial charge in [0.05, 0.1) is 18.1 Å². The Balaban J connectivity index is 1.65. The number of methoxy groups -OCH3 is 2. The van der Waals surface area contributed by atoms with Gasteiger partial charge in [-0.2, -0.15) is 9.37 Å². The first-order valence-corrected chi connectivity index (χ1v) is 9.70. The lowest BCUT2D eigenvalue weighted by Gasteiger charge is -2.26. The number of aromatic nitrogens is 3. The number of carbonyl (C=O) groups excluding carboxylic acids is 1. The van der Waals surface area contributed by atoms with Crippen molar-refractivity contribution >= 4 is 40.4 Å². The number of fused-ring (bicyclic) bond motifs is 1. The van der Waals surface area contributed by atoms with Crippen molar-refractivity contribution in [2.45, 2.75) is 25.3 Å². The van der Waals surface area contributed by atoms with E-state index in [-0.39, 0.29) is 12.2 Å². The summed E-state index contributed by atoms with van der Waals surface area (Å²) in [6, 6.07) is 6.87. The average Bonchev–Trinajstić information content (AvgIpc) is 3.11. The number of amides is 2. The van der Waals surface area contributed by atoms with E-state index in [0.717, 1.165) is 5.56 Å². The van der Waals surface area contributed by atoms with Crippen molar-refractivity contribution in [3.63, 3.8) is 0 Å². The minimum atomic E-state index is -0.708. The highest BCUT2D eigenvalue weighted by molar-refractivity contribution is 6.35. The molecule has 0 aliphatic heterocycles. The van der Waals surface area contributed by atoms with Crippen molar-refractivity contribution in [3.05, 3.63) is 57.7 Å². The maximum absolute atomic E-state index is 13.2. The van der Waals surface area contributed by atoms with Crippen LogP contribution < -0.4 is 10.6 Å². The summed E-state index contributed by atoms with van der Waals surface area (Å²) in [4.78, 5) is 23.3. The first-order valence-electron chi connectivity index (χ1n) is 8.94. The van der Waals surface area contributed by atoms with E-state index in [9.17, 15) is 9.18 Å². The van der Waals surface area contributed by atoms with Crippen LogP contribution in [0.4, 0.5) is 9.18 Å². The molecule has 0 saturated carbocycles. The summed E-state index contributed by atoms with van der Waals surface area (Å²) in [7, 11) is 2.95. The molecule has 1 aromatic carbocycles. The predicted octanol–water partition coefficient (Wildman–Crippen LogP) is 3.43. The van der Waals surface area contributed by atoms with Crippen LogP contribution in [0.25, 0.3) is 11.2 Å². The Morgan fingerprint density at radius 3 is 2.67 bits per heavy atom. The Bertz CT molecular complexity index is 1030. The Labute approximate surface area is 182 Å². The van der Waals surface area contributed by atoms with Crippen LogP contribution in [0.1, 0.15) is 11.4 Å². The molecule has 0 bridgehead atoms. The molecule has 0 spiro atoms. The van der Waals surface area contributed by atoms with Gasteiger partial charge < -0.3 is 25.1 Å². The van der Waals surface area contributed by atoms with Gasteiger partial charge in [0.15, 0.2) is 11.9 Å². The first kappa shape index (κ1) is 22.2. The van der Waals surface area contributed by atoms with Gasteiger partial charge in [-0.15, -0.1) is 0 Å². The molecule has 160 valence electrons. The third-order valence-electron chi connectivity index (χ3n) is 4.34. The lowest BCUT2D eigenvalue weighted by atomic mass is 10.1. The van der Waals surface area contributed by atoms with Crippen LogP contribution in [-0.2, 0) is 22.4 Å². The zero-order valence-corrected chi connectivity index (χ0v) is 17.7. The number of benzene rings is 1. The second-order valence-electron chi connectivity index (χ2n) is 6.40. The van der Waals surface area contributed by atoms with E-state index in [1.54, 1.807) is 18.2 Å². The van der Waals surface area contributed by atoms with Crippen molar-refractivity contribution in [1.82, 2.24) is 25.6 Å². The number of ether oxygens (including phenoxy) is 2. The highest BCUT2D eigenvalue weighted by Gasteiger charge is 2.24. The van der Waals surface area contributed by atoms with Crippen molar-refractivity contribution in [2.24, 2.45) is 0 Å². The number of nitrogens with zero attached hydrogens (tertiary/aromatic N) is 2. The SMILES string of the molecule is COC(OC)C(Cc1ccc(Cl)cc1Cl)NC(=O)NCc1nc2nc(F)ccc2[nH]1. The van der Waals surface area contributed by atoms with Gasteiger partial charge in [0, 0.05) is 24.3 Å². The molecule has 11 heteroatoms. The van der Waals surface area contributed by atoms with Crippen LogP contribution in [0.5, 0.6) is 0 Å². The summed E-state index contributed by atoms with van der Waals surface area (Å²) >= 11 is 12.2. The summed E-state index contributed by atoms with van der Waals surface area (Å²) in [6.45, 7) is 0.0862. The number of pyridine rings is 1. The normalized spacial score (nSPS) is 12.3. The first-order chi connectivity index (χ1) is 14.4. The third kappa shape index (κ3) is 5.57. The molecular formula is C19H20Cl2FN5O3. The summed E-state index contributed by atoms with van der Waals surface area (Å²) in [6.07, 6.45) is -0.357. The van der Waals surface area contributed by atoms with Crippen LogP contribution >= 0.6 is 23.2 Å². The predicted molar refractivity (Wildman–Crippen MR) is 111 cm³/mol. The molecule has 2 amide bonds. The van der Waals surface area contributed by atoms with E-state index in [1.165, 1.54) is 26.4 Å². The number of hydrogen-bond acceptors (Lipinski definition) is 5. The molecule has 3 rings (SSSR count). The van der Waals surface area contributed by atoms with Crippen molar-refractivity contribution in [1.29, 1.82) is 0 Å². The Morgan fingerprint density at radius 2 is 1.97 bits per heavy atom. The van der Waals surface area contributed by atoms with Gasteiger partial charge >= 0.3 is 6.03 Å². The number of aromatic amines is 1. The number of imidazole rings is 1. The molecule has 0 aliphatic rings. The van der Waals surface area contributed by atoms with Crippen LogP contribution in [0.3, 0.4) is 0 Å². The van der Waals surface area contributed by atoms with Gasteiger partial charge in [0.2, 0.25) is 5.95 Å². The minimum Gasteiger partial charge on any atom is -0.354 e. The molecule has 2 aromatic heterocycles. The van der Waals surface area contributed by atoms with Crippen LogP contribution in [-0.4, -0.2) is 47.5 Å². The van der Waals surface area contributed by atoms with Gasteiger partial charge in [-0.1, -0.05) is 29.3 Å². The molecule has 0 fully saturated rings. The van der Waals surface area contributed by atoms with Crippen molar-refractivity contribution < 1.29 is 18.7 Å². The van der Waals surface area contributed by atoms with Gasteiger partial charge in [-0.05, 0) is 36.2 Å². The highest BCUT2D eigenvalue weighted by atomic mass is 35.5. The molecule has 0 radical (unpaired) electrons. The fourth-order valence-corrected chi connectivity index (χ4v) is 3.44. The summed E-state index contributed by atoms with van der Waals surface area (Å²) in [5, 5.41) is 6.49. The highest BCUT2D eigenvalue weighted by Crippen LogP contribution is 2.23. The molecule has 0 saturated heterocycles. The zero-order valence-electron chi connectivity index (χ0n) is 16.2. The Morgan fingerprint density at radius 1 is 1.20 bits per heavy atom. The van der Waals surface area contributed by atoms with E-state index in [0.29, 0.717) is 27.8 Å². The average molecular weight is 456 g/mol. The standard InChI is InChI=1S/C19H20Cl2FN5O3/c1-29-18(30-2)14(7-10-3-4-11(20)8-12(10)21)25-19(28)23-9-16-24-13-5-6-15(22)26-17(13)27-16/h3-6,8,14,18H,7,9H2,1-2H3,(H2,23,25,28)(H,24,26,27). The maximum atomic E-state index is 13.2. The molecular weight excluding hydrogens is 436 g/mol. The van der Waals surface area contributed by atoms with Crippen molar-refractivity contribution in [3.8, 4) is 0 Å². The second-order valence-corrected chi connectivity index (χ2v) is 7.25. The van der Waals surface area contributed by atoms with E-state index in [4.69, 9.17) is 32.7 Å². The monoisotopic (exact) mass is 455 g/mol. The Hall–Kier alpha value is -2.46. The van der Waals surface area contributed by atoms with E-state index < -0.39 is 24.3 Å². The van der Waals surface area contributed by atoms with Crippen LogP contribution in [0, 0.1) is 5.95 Å². The van der Waals surface area contributed by atoms with E-state index in [1.807, 2.05) is 0 Å². The smallest absolute Gasteiger partial charge is 0.315 e. The second kappa shape index (κ2) is 10.0.